The second kappa shape index (κ2) is 8.37. The number of rotatable bonds is 4. The lowest BCUT2D eigenvalue weighted by Crippen LogP contribution is -2.50. The van der Waals surface area contributed by atoms with Gasteiger partial charge in [-0.15, -0.1) is 0 Å². The lowest BCUT2D eigenvalue weighted by molar-refractivity contribution is -0.0535. The quantitative estimate of drug-likeness (QED) is 0.782. The number of hydrogen-bond donors (Lipinski definition) is 2. The lowest BCUT2D eigenvalue weighted by Gasteiger charge is -2.47. The summed E-state index contributed by atoms with van der Waals surface area (Å²) >= 11 is 0. The molecule has 0 bridgehead atoms. The maximum absolute atomic E-state index is 12.0. The van der Waals surface area contributed by atoms with Gasteiger partial charge in [-0.3, -0.25) is 0 Å². The largest absolute Gasteiger partial charge is 0.389 e. The molecule has 4 rings (SSSR count). The van der Waals surface area contributed by atoms with E-state index in [0.29, 0.717) is 11.3 Å². The van der Waals surface area contributed by atoms with Crippen molar-refractivity contribution >= 4 is 10.8 Å². The molecular formula is C26H38N2O. The standard InChI is InChI=1S/C26H38N2O/c1-25(2,3)21-11-13-26(29,14-12-21)24(19-28-17-15-27-16-18-28)23-10-6-8-20-7-4-5-9-22(20)23/h4-10,21,24,27,29H,11-19H2,1-3H3. The van der Waals surface area contributed by atoms with Crippen molar-refractivity contribution in [1.29, 1.82) is 0 Å². The van der Waals surface area contributed by atoms with Crippen LogP contribution < -0.4 is 5.32 Å². The van der Waals surface area contributed by atoms with Crippen molar-refractivity contribution in [2.75, 3.05) is 32.7 Å². The molecular weight excluding hydrogens is 356 g/mol. The highest BCUT2D eigenvalue weighted by Crippen LogP contribution is 2.47. The van der Waals surface area contributed by atoms with Gasteiger partial charge in [0.25, 0.3) is 0 Å². The molecule has 1 unspecified atom stereocenters. The third-order valence-corrected chi connectivity index (χ3v) is 7.57. The molecule has 0 amide bonds. The fourth-order valence-corrected chi connectivity index (χ4v) is 5.60. The average Bonchev–Trinajstić information content (AvgIpc) is 2.72. The van der Waals surface area contributed by atoms with E-state index in [4.69, 9.17) is 0 Å². The number of fused-ring (bicyclic) bond motifs is 1. The summed E-state index contributed by atoms with van der Waals surface area (Å²) in [5.74, 6) is 0.864. The number of benzene rings is 2. The zero-order valence-electron chi connectivity index (χ0n) is 18.5. The van der Waals surface area contributed by atoms with Crippen molar-refractivity contribution < 1.29 is 5.11 Å². The van der Waals surface area contributed by atoms with Crippen molar-refractivity contribution in [1.82, 2.24) is 10.2 Å². The van der Waals surface area contributed by atoms with Crippen LogP contribution in [0.25, 0.3) is 10.8 Å². The first-order valence-corrected chi connectivity index (χ1v) is 11.5. The minimum absolute atomic E-state index is 0.160. The molecule has 2 aliphatic rings. The molecule has 1 atom stereocenters. The normalized spacial score (nSPS) is 27.8. The second-order valence-corrected chi connectivity index (χ2v) is 10.4. The molecule has 2 N–H and O–H groups in total. The summed E-state index contributed by atoms with van der Waals surface area (Å²) in [5, 5.41) is 18.1. The van der Waals surface area contributed by atoms with Crippen LogP contribution in [0.4, 0.5) is 0 Å². The van der Waals surface area contributed by atoms with Gasteiger partial charge in [-0.2, -0.15) is 0 Å². The minimum Gasteiger partial charge on any atom is -0.389 e. The van der Waals surface area contributed by atoms with Crippen molar-refractivity contribution in [3.63, 3.8) is 0 Å². The topological polar surface area (TPSA) is 35.5 Å². The molecule has 3 nitrogen and oxygen atoms in total. The highest BCUT2D eigenvalue weighted by atomic mass is 16.3. The van der Waals surface area contributed by atoms with Crippen molar-refractivity contribution in [3.8, 4) is 0 Å². The Hall–Kier alpha value is -1.42. The Labute approximate surface area is 176 Å². The van der Waals surface area contributed by atoms with Crippen LogP contribution in [-0.2, 0) is 0 Å². The van der Waals surface area contributed by atoms with Crippen LogP contribution in [0.15, 0.2) is 42.5 Å². The van der Waals surface area contributed by atoms with Crippen LogP contribution in [0, 0.1) is 11.3 Å². The number of aliphatic hydroxyl groups is 1. The highest BCUT2D eigenvalue weighted by molar-refractivity contribution is 5.86. The van der Waals surface area contributed by atoms with Crippen LogP contribution in [0.2, 0.25) is 0 Å². The summed E-state index contributed by atoms with van der Waals surface area (Å²) < 4.78 is 0. The maximum Gasteiger partial charge on any atom is 0.0728 e. The number of piperazine rings is 1. The molecule has 2 aromatic rings. The fourth-order valence-electron chi connectivity index (χ4n) is 5.60. The van der Waals surface area contributed by atoms with Gasteiger partial charge in [-0.1, -0.05) is 63.2 Å². The summed E-state index contributed by atoms with van der Waals surface area (Å²) in [5.41, 5.74) is 1.05. The van der Waals surface area contributed by atoms with Crippen LogP contribution >= 0.6 is 0 Å². The summed E-state index contributed by atoms with van der Waals surface area (Å²) in [7, 11) is 0. The molecule has 1 aliphatic heterocycles. The van der Waals surface area contributed by atoms with Gasteiger partial charge in [0.1, 0.15) is 0 Å². The van der Waals surface area contributed by atoms with Gasteiger partial charge < -0.3 is 15.3 Å². The van der Waals surface area contributed by atoms with Gasteiger partial charge in [0.2, 0.25) is 0 Å². The predicted octanol–water partition coefficient (Wildman–Crippen LogP) is 4.80. The zero-order valence-corrected chi connectivity index (χ0v) is 18.5. The Morgan fingerprint density at radius 2 is 1.69 bits per heavy atom. The van der Waals surface area contributed by atoms with E-state index in [1.165, 1.54) is 16.3 Å². The highest BCUT2D eigenvalue weighted by Gasteiger charge is 2.44. The van der Waals surface area contributed by atoms with E-state index in [1.807, 2.05) is 0 Å². The van der Waals surface area contributed by atoms with E-state index in [0.717, 1.165) is 58.4 Å². The van der Waals surface area contributed by atoms with Gasteiger partial charge in [0, 0.05) is 38.6 Å². The van der Waals surface area contributed by atoms with E-state index < -0.39 is 5.60 Å². The summed E-state index contributed by atoms with van der Waals surface area (Å²) in [4.78, 5) is 2.55. The van der Waals surface area contributed by atoms with Crippen LogP contribution in [-0.4, -0.2) is 48.3 Å². The van der Waals surface area contributed by atoms with E-state index in [-0.39, 0.29) is 5.92 Å². The van der Waals surface area contributed by atoms with Crippen LogP contribution in [0.1, 0.15) is 57.9 Å². The van der Waals surface area contributed by atoms with Gasteiger partial charge in [0.05, 0.1) is 5.60 Å². The molecule has 0 radical (unpaired) electrons. The molecule has 0 aromatic heterocycles. The molecule has 1 saturated carbocycles. The summed E-state index contributed by atoms with van der Waals surface area (Å²) in [6, 6.07) is 15.3. The second-order valence-electron chi connectivity index (χ2n) is 10.4. The predicted molar refractivity (Wildman–Crippen MR) is 122 cm³/mol. The SMILES string of the molecule is CC(C)(C)C1CCC(O)(C(CN2CCNCC2)c2cccc3ccccc23)CC1. The van der Waals surface area contributed by atoms with Crippen LogP contribution in [0.5, 0.6) is 0 Å². The Morgan fingerprint density at radius 1 is 1.03 bits per heavy atom. The van der Waals surface area contributed by atoms with Gasteiger partial charge in [-0.05, 0) is 53.4 Å². The first-order chi connectivity index (χ1) is 13.9. The summed E-state index contributed by atoms with van der Waals surface area (Å²) in [6.45, 7) is 12.2. The lowest BCUT2D eigenvalue weighted by atomic mass is 9.64. The monoisotopic (exact) mass is 394 g/mol. The van der Waals surface area contributed by atoms with Crippen molar-refractivity contribution in [2.24, 2.45) is 11.3 Å². The molecule has 158 valence electrons. The fraction of sp³-hybridized carbons (Fsp3) is 0.615. The van der Waals surface area contributed by atoms with Crippen molar-refractivity contribution in [3.05, 3.63) is 48.0 Å². The number of nitrogens with zero attached hydrogens (tertiary/aromatic N) is 1. The smallest absolute Gasteiger partial charge is 0.0728 e. The Balaban J connectivity index is 1.67. The third-order valence-electron chi connectivity index (χ3n) is 7.57. The van der Waals surface area contributed by atoms with E-state index in [1.54, 1.807) is 0 Å². The Bertz CT molecular complexity index is 806. The van der Waals surface area contributed by atoms with E-state index >= 15 is 0 Å². The maximum atomic E-state index is 12.0. The Morgan fingerprint density at radius 3 is 2.38 bits per heavy atom. The molecule has 2 fully saturated rings. The first kappa shape index (κ1) is 20.8. The Kier molecular flexibility index (Phi) is 6.02. The van der Waals surface area contributed by atoms with E-state index in [9.17, 15) is 5.11 Å². The molecule has 29 heavy (non-hydrogen) atoms. The average molecular weight is 395 g/mol. The van der Waals surface area contributed by atoms with Crippen molar-refractivity contribution in [2.45, 2.75) is 58.0 Å². The minimum atomic E-state index is -0.614. The number of hydrogen-bond acceptors (Lipinski definition) is 3. The van der Waals surface area contributed by atoms with Gasteiger partial charge >= 0.3 is 0 Å². The zero-order chi connectivity index (χ0) is 20.5. The number of nitrogens with one attached hydrogen (secondary N) is 1. The van der Waals surface area contributed by atoms with Gasteiger partial charge in [-0.25, -0.2) is 0 Å². The van der Waals surface area contributed by atoms with Crippen LogP contribution in [0.3, 0.4) is 0 Å². The summed E-state index contributed by atoms with van der Waals surface area (Å²) in [6.07, 6.45) is 4.08. The third kappa shape index (κ3) is 4.52. The molecule has 0 spiro atoms. The first-order valence-electron chi connectivity index (χ1n) is 11.5. The molecule has 3 heteroatoms. The molecule has 1 aliphatic carbocycles. The molecule has 1 saturated heterocycles. The van der Waals surface area contributed by atoms with Gasteiger partial charge in [0.15, 0.2) is 0 Å². The molecule has 1 heterocycles. The van der Waals surface area contributed by atoms with E-state index in [2.05, 4.69) is 73.5 Å². The molecule has 2 aromatic carbocycles.